The van der Waals surface area contributed by atoms with Crippen LogP contribution in [0.25, 0.3) is 0 Å². The first-order valence-corrected chi connectivity index (χ1v) is 5.82. The molecule has 0 bridgehead atoms. The van der Waals surface area contributed by atoms with Gasteiger partial charge in [-0.05, 0) is 26.6 Å². The Balaban J connectivity index is 0.00000106. The summed E-state index contributed by atoms with van der Waals surface area (Å²) < 4.78 is 0. The van der Waals surface area contributed by atoms with Crippen molar-refractivity contribution in [1.82, 2.24) is 4.90 Å². The van der Waals surface area contributed by atoms with Gasteiger partial charge in [0.25, 0.3) is 0 Å². The Labute approximate surface area is 99.2 Å². The summed E-state index contributed by atoms with van der Waals surface area (Å²) in [6, 6.07) is 0. The highest BCUT2D eigenvalue weighted by atomic mass is 16.3. The molecule has 0 saturated carbocycles. The van der Waals surface area contributed by atoms with E-state index in [-0.39, 0.29) is 0 Å². The maximum absolute atomic E-state index is 10.3. The SMILES string of the molecule is C=C/C(=C\N=C)C1(O)CCN(C)CC1.CC. The highest BCUT2D eigenvalue weighted by molar-refractivity contribution is 5.33. The molecule has 1 saturated heterocycles. The van der Waals surface area contributed by atoms with Gasteiger partial charge in [-0.15, -0.1) is 0 Å². The summed E-state index contributed by atoms with van der Waals surface area (Å²) in [5, 5.41) is 10.3. The van der Waals surface area contributed by atoms with Crippen LogP contribution in [0.2, 0.25) is 0 Å². The van der Waals surface area contributed by atoms with Crippen molar-refractivity contribution in [1.29, 1.82) is 0 Å². The monoisotopic (exact) mass is 224 g/mol. The molecular weight excluding hydrogens is 200 g/mol. The van der Waals surface area contributed by atoms with Crippen molar-refractivity contribution < 1.29 is 5.11 Å². The minimum atomic E-state index is -0.755. The number of likely N-dealkylation sites (tertiary alicyclic amines) is 1. The van der Waals surface area contributed by atoms with Gasteiger partial charge >= 0.3 is 0 Å². The maximum atomic E-state index is 10.3. The van der Waals surface area contributed by atoms with Crippen molar-refractivity contribution >= 4 is 6.72 Å². The van der Waals surface area contributed by atoms with Gasteiger partial charge in [-0.25, -0.2) is 0 Å². The van der Waals surface area contributed by atoms with Crippen LogP contribution >= 0.6 is 0 Å². The second kappa shape index (κ2) is 7.36. The molecule has 0 aromatic rings. The summed E-state index contributed by atoms with van der Waals surface area (Å²) in [5.41, 5.74) is 0.0238. The third kappa shape index (κ3) is 3.91. The third-order valence-electron chi connectivity index (χ3n) is 2.80. The maximum Gasteiger partial charge on any atom is 0.0935 e. The van der Waals surface area contributed by atoms with Gasteiger partial charge in [0.15, 0.2) is 0 Å². The van der Waals surface area contributed by atoms with E-state index in [0.29, 0.717) is 0 Å². The topological polar surface area (TPSA) is 35.8 Å². The van der Waals surface area contributed by atoms with Crippen molar-refractivity contribution in [2.75, 3.05) is 20.1 Å². The molecule has 0 aliphatic carbocycles. The molecule has 0 unspecified atom stereocenters. The molecule has 0 aromatic heterocycles. The molecule has 92 valence electrons. The second-order valence-corrected chi connectivity index (χ2v) is 3.81. The number of rotatable bonds is 3. The smallest absolute Gasteiger partial charge is 0.0935 e. The average Bonchev–Trinajstić information content (AvgIpc) is 2.32. The van der Waals surface area contributed by atoms with Gasteiger partial charge in [-0.2, -0.15) is 0 Å². The molecular formula is C13H24N2O. The number of piperidine rings is 1. The normalized spacial score (nSPS) is 20.6. The van der Waals surface area contributed by atoms with Gasteiger partial charge in [0, 0.05) is 24.9 Å². The van der Waals surface area contributed by atoms with Crippen molar-refractivity contribution in [3.8, 4) is 0 Å². The first-order chi connectivity index (χ1) is 7.62. The first-order valence-electron chi connectivity index (χ1n) is 5.82. The van der Waals surface area contributed by atoms with E-state index >= 15 is 0 Å². The number of nitrogens with zero attached hydrogens (tertiary/aromatic N) is 2. The number of hydrogen-bond donors (Lipinski definition) is 1. The molecule has 0 spiro atoms. The first kappa shape index (κ1) is 15.1. The second-order valence-electron chi connectivity index (χ2n) is 3.81. The van der Waals surface area contributed by atoms with Crippen molar-refractivity contribution in [2.24, 2.45) is 4.99 Å². The molecule has 1 N–H and O–H groups in total. The summed E-state index contributed by atoms with van der Waals surface area (Å²) in [6.07, 6.45) is 4.73. The van der Waals surface area contributed by atoms with Gasteiger partial charge < -0.3 is 10.0 Å². The molecule has 16 heavy (non-hydrogen) atoms. The van der Waals surface area contributed by atoms with Crippen LogP contribution < -0.4 is 0 Å². The van der Waals surface area contributed by atoms with Crippen LogP contribution in [0.5, 0.6) is 0 Å². The molecule has 3 nitrogen and oxygen atoms in total. The van der Waals surface area contributed by atoms with E-state index in [9.17, 15) is 5.11 Å². The molecule has 0 aromatic carbocycles. The molecule has 0 radical (unpaired) electrons. The largest absolute Gasteiger partial charge is 0.385 e. The Morgan fingerprint density at radius 2 is 1.88 bits per heavy atom. The Bertz CT molecular complexity index is 251. The predicted octanol–water partition coefficient (Wildman–Crippen LogP) is 2.24. The van der Waals surface area contributed by atoms with Crippen LogP contribution in [0.3, 0.4) is 0 Å². The molecule has 1 heterocycles. The summed E-state index contributed by atoms with van der Waals surface area (Å²) in [4.78, 5) is 5.89. The van der Waals surface area contributed by atoms with Crippen LogP contribution in [0, 0.1) is 0 Å². The third-order valence-corrected chi connectivity index (χ3v) is 2.80. The molecule has 1 aliphatic heterocycles. The highest BCUT2D eigenvalue weighted by Gasteiger charge is 2.33. The lowest BCUT2D eigenvalue weighted by atomic mass is 9.84. The molecule has 1 fully saturated rings. The molecule has 1 aliphatic rings. The van der Waals surface area contributed by atoms with E-state index in [1.165, 1.54) is 0 Å². The Kier molecular flexibility index (Phi) is 6.93. The lowest BCUT2D eigenvalue weighted by molar-refractivity contribution is 0.0191. The van der Waals surface area contributed by atoms with Crippen LogP contribution in [0.1, 0.15) is 26.7 Å². The summed E-state index contributed by atoms with van der Waals surface area (Å²) in [6.45, 7) is 12.9. The quantitative estimate of drug-likeness (QED) is 0.589. The van der Waals surface area contributed by atoms with Crippen molar-refractivity contribution in [2.45, 2.75) is 32.3 Å². The van der Waals surface area contributed by atoms with Gasteiger partial charge in [0.2, 0.25) is 0 Å². The lowest BCUT2D eigenvalue weighted by Gasteiger charge is -2.37. The van der Waals surface area contributed by atoms with Crippen LogP contribution in [0.4, 0.5) is 0 Å². The van der Waals surface area contributed by atoms with Crippen molar-refractivity contribution in [3.05, 3.63) is 24.4 Å². The zero-order valence-electron chi connectivity index (χ0n) is 10.7. The number of aliphatic hydroxyl groups is 1. The predicted molar refractivity (Wildman–Crippen MR) is 70.9 cm³/mol. The standard InChI is InChI=1S/C11H18N2O.C2H6/c1-4-10(9-12-2)11(14)5-7-13(3)8-6-11;1-2/h4,9,14H,1-2,5-8H2,3H3;1-2H3/b10-9+;. The van der Waals surface area contributed by atoms with Crippen molar-refractivity contribution in [3.63, 3.8) is 0 Å². The zero-order chi connectivity index (χ0) is 12.6. The molecule has 0 amide bonds. The van der Waals surface area contributed by atoms with E-state index in [0.717, 1.165) is 31.5 Å². The van der Waals surface area contributed by atoms with E-state index in [2.05, 4.69) is 30.2 Å². The van der Waals surface area contributed by atoms with Crippen LogP contribution in [0.15, 0.2) is 29.4 Å². The minimum absolute atomic E-state index is 0.733. The average molecular weight is 224 g/mol. The van der Waals surface area contributed by atoms with Crippen LogP contribution in [-0.4, -0.2) is 42.5 Å². The fourth-order valence-electron chi connectivity index (χ4n) is 1.74. The summed E-state index contributed by atoms with van der Waals surface area (Å²) in [7, 11) is 2.06. The summed E-state index contributed by atoms with van der Waals surface area (Å²) >= 11 is 0. The van der Waals surface area contributed by atoms with Crippen LogP contribution in [-0.2, 0) is 0 Å². The lowest BCUT2D eigenvalue weighted by Crippen LogP contribution is -2.43. The molecule has 3 heteroatoms. The minimum Gasteiger partial charge on any atom is -0.385 e. The van der Waals surface area contributed by atoms with Gasteiger partial charge in [-0.3, -0.25) is 4.99 Å². The van der Waals surface area contributed by atoms with Gasteiger partial charge in [0.1, 0.15) is 0 Å². The van der Waals surface area contributed by atoms with E-state index in [1.54, 1.807) is 12.3 Å². The Morgan fingerprint density at radius 1 is 1.38 bits per heavy atom. The fourth-order valence-corrected chi connectivity index (χ4v) is 1.74. The molecule has 1 rings (SSSR count). The van der Waals surface area contributed by atoms with E-state index < -0.39 is 5.60 Å². The zero-order valence-corrected chi connectivity index (χ0v) is 10.7. The summed E-state index contributed by atoms with van der Waals surface area (Å²) in [5.74, 6) is 0. The Hall–Kier alpha value is -0.930. The number of hydrogen-bond acceptors (Lipinski definition) is 3. The fraction of sp³-hybridized carbons (Fsp3) is 0.615. The van der Waals surface area contributed by atoms with Gasteiger partial charge in [-0.1, -0.05) is 26.5 Å². The highest BCUT2D eigenvalue weighted by Crippen LogP contribution is 2.29. The number of aliphatic imine (C=N–C) groups is 1. The van der Waals surface area contributed by atoms with E-state index in [4.69, 9.17) is 0 Å². The molecule has 0 atom stereocenters. The Morgan fingerprint density at radius 3 is 2.25 bits per heavy atom. The van der Waals surface area contributed by atoms with Gasteiger partial charge in [0.05, 0.1) is 5.60 Å². The van der Waals surface area contributed by atoms with E-state index in [1.807, 2.05) is 13.8 Å².